The highest BCUT2D eigenvalue weighted by Gasteiger charge is 2.30. The lowest BCUT2D eigenvalue weighted by atomic mass is 9.95. The van der Waals surface area contributed by atoms with E-state index in [4.69, 9.17) is 11.6 Å². The molecule has 0 N–H and O–H groups in total. The zero-order chi connectivity index (χ0) is 16.5. The van der Waals surface area contributed by atoms with Gasteiger partial charge in [-0.2, -0.15) is 0 Å². The summed E-state index contributed by atoms with van der Waals surface area (Å²) in [5.74, 6) is 1.46. The van der Waals surface area contributed by atoms with E-state index in [0.29, 0.717) is 11.1 Å². The Labute approximate surface area is 147 Å². The molecule has 1 amide bonds. The molecule has 0 aliphatic carbocycles. The summed E-state index contributed by atoms with van der Waals surface area (Å²) in [4.78, 5) is 21.4. The highest BCUT2D eigenvalue weighted by Crippen LogP contribution is 2.29. The Morgan fingerprint density at radius 1 is 1.08 bits per heavy atom. The van der Waals surface area contributed by atoms with Crippen LogP contribution in [-0.4, -0.2) is 42.0 Å². The van der Waals surface area contributed by atoms with Gasteiger partial charge in [0, 0.05) is 37.5 Å². The summed E-state index contributed by atoms with van der Waals surface area (Å²) in [5, 5.41) is 2.66. The van der Waals surface area contributed by atoms with Crippen LogP contribution in [0.3, 0.4) is 0 Å². The SMILES string of the molecule is O=C(C1CCN(c2cc3ccccc3c(Cl)n2)CC1)N1CCCC1. The van der Waals surface area contributed by atoms with Gasteiger partial charge in [0.1, 0.15) is 11.0 Å². The molecule has 0 bridgehead atoms. The number of fused-ring (bicyclic) bond motifs is 1. The molecule has 0 spiro atoms. The highest BCUT2D eigenvalue weighted by molar-refractivity contribution is 6.34. The summed E-state index contributed by atoms with van der Waals surface area (Å²) in [6.45, 7) is 3.62. The lowest BCUT2D eigenvalue weighted by molar-refractivity contribution is -0.135. The van der Waals surface area contributed by atoms with Crippen molar-refractivity contribution in [2.45, 2.75) is 25.7 Å². The van der Waals surface area contributed by atoms with E-state index < -0.39 is 0 Å². The largest absolute Gasteiger partial charge is 0.357 e. The number of pyridine rings is 1. The average Bonchev–Trinajstić information content (AvgIpc) is 3.16. The van der Waals surface area contributed by atoms with E-state index in [1.165, 1.54) is 0 Å². The van der Waals surface area contributed by atoms with Crippen molar-refractivity contribution in [3.8, 4) is 0 Å². The molecule has 2 aliphatic rings. The first-order chi connectivity index (χ1) is 11.7. The second kappa shape index (κ2) is 6.60. The zero-order valence-corrected chi connectivity index (χ0v) is 14.5. The Kier molecular flexibility index (Phi) is 4.31. The van der Waals surface area contributed by atoms with Crippen molar-refractivity contribution in [3.05, 3.63) is 35.5 Å². The molecule has 0 radical (unpaired) electrons. The average molecular weight is 344 g/mol. The fourth-order valence-corrected chi connectivity index (χ4v) is 4.11. The van der Waals surface area contributed by atoms with Crippen LogP contribution in [0.4, 0.5) is 5.82 Å². The number of aromatic nitrogens is 1. The minimum Gasteiger partial charge on any atom is -0.357 e. The number of anilines is 1. The molecule has 4 nitrogen and oxygen atoms in total. The van der Waals surface area contributed by atoms with Crippen molar-refractivity contribution in [2.24, 2.45) is 5.92 Å². The lowest BCUT2D eigenvalue weighted by Gasteiger charge is -2.34. The summed E-state index contributed by atoms with van der Waals surface area (Å²) < 4.78 is 0. The van der Waals surface area contributed by atoms with Crippen molar-refractivity contribution < 1.29 is 4.79 Å². The third-order valence-electron chi connectivity index (χ3n) is 5.27. The third kappa shape index (κ3) is 2.95. The van der Waals surface area contributed by atoms with Crippen LogP contribution in [0.2, 0.25) is 5.15 Å². The lowest BCUT2D eigenvalue weighted by Crippen LogP contribution is -2.41. The molecule has 0 unspecified atom stereocenters. The van der Waals surface area contributed by atoms with Gasteiger partial charge in [-0.05, 0) is 37.1 Å². The van der Waals surface area contributed by atoms with Crippen molar-refractivity contribution >= 4 is 34.1 Å². The van der Waals surface area contributed by atoms with E-state index in [-0.39, 0.29) is 5.92 Å². The number of carbonyl (C=O) groups excluding carboxylic acids is 1. The summed E-state index contributed by atoms with van der Waals surface area (Å²) in [7, 11) is 0. The Morgan fingerprint density at radius 2 is 1.79 bits per heavy atom. The summed E-state index contributed by atoms with van der Waals surface area (Å²) in [5.41, 5.74) is 0. The number of hydrogen-bond acceptors (Lipinski definition) is 3. The van der Waals surface area contributed by atoms with E-state index in [9.17, 15) is 4.79 Å². The van der Waals surface area contributed by atoms with Gasteiger partial charge in [0.05, 0.1) is 0 Å². The Hall–Kier alpha value is -1.81. The van der Waals surface area contributed by atoms with Gasteiger partial charge in [0.2, 0.25) is 5.91 Å². The molecule has 4 rings (SSSR count). The maximum Gasteiger partial charge on any atom is 0.225 e. The van der Waals surface area contributed by atoms with Crippen LogP contribution in [-0.2, 0) is 4.79 Å². The third-order valence-corrected chi connectivity index (χ3v) is 5.55. The number of nitrogens with zero attached hydrogens (tertiary/aromatic N) is 3. The van der Waals surface area contributed by atoms with Gasteiger partial charge < -0.3 is 9.80 Å². The van der Waals surface area contributed by atoms with Gasteiger partial charge in [0.25, 0.3) is 0 Å². The molecule has 1 aromatic heterocycles. The number of carbonyl (C=O) groups is 1. The van der Waals surface area contributed by atoms with Crippen molar-refractivity contribution in [2.75, 3.05) is 31.1 Å². The first-order valence-electron chi connectivity index (χ1n) is 8.81. The fraction of sp³-hybridized carbons (Fsp3) is 0.474. The van der Waals surface area contributed by atoms with Crippen LogP contribution in [0.15, 0.2) is 30.3 Å². The topological polar surface area (TPSA) is 36.4 Å². The monoisotopic (exact) mass is 343 g/mol. The van der Waals surface area contributed by atoms with Gasteiger partial charge in [-0.3, -0.25) is 4.79 Å². The Balaban J connectivity index is 1.46. The van der Waals surface area contributed by atoms with E-state index in [1.54, 1.807) is 0 Å². The molecule has 2 aliphatic heterocycles. The molecule has 24 heavy (non-hydrogen) atoms. The van der Waals surface area contributed by atoms with E-state index in [0.717, 1.165) is 68.5 Å². The highest BCUT2D eigenvalue weighted by atomic mass is 35.5. The van der Waals surface area contributed by atoms with E-state index in [2.05, 4.69) is 22.0 Å². The smallest absolute Gasteiger partial charge is 0.225 e. The van der Waals surface area contributed by atoms with Crippen molar-refractivity contribution in [1.29, 1.82) is 0 Å². The van der Waals surface area contributed by atoms with Crippen molar-refractivity contribution in [1.82, 2.24) is 9.88 Å². The quantitative estimate of drug-likeness (QED) is 0.780. The standard InChI is InChI=1S/C19H22ClN3O/c20-18-16-6-2-1-5-15(16)13-17(21-18)22-11-7-14(8-12-22)19(24)23-9-3-4-10-23/h1-2,5-6,13-14H,3-4,7-12H2. The molecular weight excluding hydrogens is 322 g/mol. The predicted octanol–water partition coefficient (Wildman–Crippen LogP) is 3.73. The molecule has 1 aromatic carbocycles. The Morgan fingerprint density at radius 3 is 2.54 bits per heavy atom. The van der Waals surface area contributed by atoms with Crippen LogP contribution in [0.1, 0.15) is 25.7 Å². The van der Waals surface area contributed by atoms with E-state index >= 15 is 0 Å². The maximum absolute atomic E-state index is 12.5. The molecule has 126 valence electrons. The first-order valence-corrected chi connectivity index (χ1v) is 9.19. The molecule has 0 saturated carbocycles. The second-order valence-corrected chi connectivity index (χ2v) is 7.14. The molecule has 2 saturated heterocycles. The summed E-state index contributed by atoms with van der Waals surface area (Å²) in [6.07, 6.45) is 4.12. The number of piperidine rings is 1. The predicted molar refractivity (Wildman–Crippen MR) is 97.5 cm³/mol. The molecular formula is C19H22ClN3O. The fourth-order valence-electron chi connectivity index (χ4n) is 3.86. The zero-order valence-electron chi connectivity index (χ0n) is 13.7. The van der Waals surface area contributed by atoms with Crippen LogP contribution in [0.25, 0.3) is 10.8 Å². The van der Waals surface area contributed by atoms with Crippen LogP contribution >= 0.6 is 11.6 Å². The molecule has 0 atom stereocenters. The minimum atomic E-state index is 0.176. The number of rotatable bonds is 2. The van der Waals surface area contributed by atoms with Crippen LogP contribution in [0, 0.1) is 5.92 Å². The second-order valence-electron chi connectivity index (χ2n) is 6.79. The Bertz CT molecular complexity index is 749. The number of benzene rings is 1. The van der Waals surface area contributed by atoms with E-state index in [1.807, 2.05) is 23.1 Å². The van der Waals surface area contributed by atoms with Crippen LogP contribution in [0.5, 0.6) is 0 Å². The van der Waals surface area contributed by atoms with Gasteiger partial charge in [-0.1, -0.05) is 35.9 Å². The number of amides is 1. The van der Waals surface area contributed by atoms with Gasteiger partial charge in [0.15, 0.2) is 0 Å². The van der Waals surface area contributed by atoms with Gasteiger partial charge in [-0.15, -0.1) is 0 Å². The van der Waals surface area contributed by atoms with Crippen LogP contribution < -0.4 is 4.90 Å². The first kappa shape index (κ1) is 15.7. The summed E-state index contributed by atoms with van der Waals surface area (Å²) in [6, 6.07) is 10.2. The molecule has 3 heterocycles. The number of hydrogen-bond donors (Lipinski definition) is 0. The molecule has 2 aromatic rings. The molecule has 5 heteroatoms. The summed E-state index contributed by atoms with van der Waals surface area (Å²) >= 11 is 6.35. The van der Waals surface area contributed by atoms with Crippen molar-refractivity contribution in [3.63, 3.8) is 0 Å². The minimum absolute atomic E-state index is 0.176. The molecule has 2 fully saturated rings. The number of halogens is 1. The number of likely N-dealkylation sites (tertiary alicyclic amines) is 1. The maximum atomic E-state index is 12.5. The van der Waals surface area contributed by atoms with Gasteiger partial charge in [-0.25, -0.2) is 4.98 Å². The normalized spacial score (nSPS) is 19.2. The van der Waals surface area contributed by atoms with Gasteiger partial charge >= 0.3 is 0 Å².